The van der Waals surface area contributed by atoms with Gasteiger partial charge in [0.2, 0.25) is 0 Å². The molecule has 1 aliphatic heterocycles. The molecule has 7 heteroatoms. The molecule has 0 saturated carbocycles. The van der Waals surface area contributed by atoms with Crippen molar-refractivity contribution >= 4 is 5.91 Å². The predicted octanol–water partition coefficient (Wildman–Crippen LogP) is 2.73. The minimum absolute atomic E-state index is 0.0584. The molecule has 0 N–H and O–H groups in total. The van der Waals surface area contributed by atoms with Gasteiger partial charge in [0, 0.05) is 19.2 Å². The van der Waals surface area contributed by atoms with Gasteiger partial charge in [-0.1, -0.05) is 19.0 Å². The van der Waals surface area contributed by atoms with Crippen LogP contribution in [0.4, 0.5) is 13.2 Å². The van der Waals surface area contributed by atoms with Gasteiger partial charge < -0.3 is 9.42 Å². The summed E-state index contributed by atoms with van der Waals surface area (Å²) in [6, 6.07) is 1.41. The van der Waals surface area contributed by atoms with Gasteiger partial charge in [-0.25, -0.2) is 0 Å². The van der Waals surface area contributed by atoms with Gasteiger partial charge in [-0.2, -0.15) is 13.2 Å². The molecular formula is C12H15F3N2O2. The highest BCUT2D eigenvalue weighted by atomic mass is 19.4. The van der Waals surface area contributed by atoms with Crippen molar-refractivity contribution in [2.24, 2.45) is 11.3 Å². The summed E-state index contributed by atoms with van der Waals surface area (Å²) in [5, 5.41) is 3.52. The molecule has 2 rings (SSSR count). The highest BCUT2D eigenvalue weighted by Gasteiger charge is 2.51. The third-order valence-electron chi connectivity index (χ3n) is 3.57. The molecule has 19 heavy (non-hydrogen) atoms. The van der Waals surface area contributed by atoms with E-state index in [4.69, 9.17) is 0 Å². The summed E-state index contributed by atoms with van der Waals surface area (Å²) in [5.41, 5.74) is -0.878. The summed E-state index contributed by atoms with van der Waals surface area (Å²) in [5.74, 6) is -1.77. The number of aromatic nitrogens is 1. The number of carbonyl (C=O) groups is 1. The fourth-order valence-electron chi connectivity index (χ4n) is 2.62. The molecule has 1 amide bonds. The molecule has 0 aromatic carbocycles. The predicted molar refractivity (Wildman–Crippen MR) is 60.3 cm³/mol. The quantitative estimate of drug-likeness (QED) is 0.792. The van der Waals surface area contributed by atoms with E-state index in [2.05, 4.69) is 9.68 Å². The van der Waals surface area contributed by atoms with Crippen LogP contribution in [0.25, 0.3) is 0 Å². The summed E-state index contributed by atoms with van der Waals surface area (Å²) in [6.07, 6.45) is -3.05. The maximum Gasteiger partial charge on any atom is 0.392 e. The summed E-state index contributed by atoms with van der Waals surface area (Å²) < 4.78 is 43.3. The average Bonchev–Trinajstić information content (AvgIpc) is 2.77. The van der Waals surface area contributed by atoms with E-state index in [1.807, 2.05) is 0 Å². The lowest BCUT2D eigenvalue weighted by atomic mass is 9.73. The van der Waals surface area contributed by atoms with Gasteiger partial charge in [0.25, 0.3) is 5.91 Å². The van der Waals surface area contributed by atoms with Crippen molar-refractivity contribution in [2.45, 2.75) is 26.4 Å². The molecule has 0 aliphatic carbocycles. The monoisotopic (exact) mass is 276 g/mol. The van der Waals surface area contributed by atoms with Crippen LogP contribution in [-0.2, 0) is 0 Å². The van der Waals surface area contributed by atoms with Crippen LogP contribution in [0.5, 0.6) is 0 Å². The Morgan fingerprint density at radius 3 is 2.68 bits per heavy atom. The molecule has 106 valence electrons. The molecule has 1 aromatic heterocycles. The molecule has 0 bridgehead atoms. The Balaban J connectivity index is 2.12. The van der Waals surface area contributed by atoms with Gasteiger partial charge >= 0.3 is 6.18 Å². The van der Waals surface area contributed by atoms with E-state index in [9.17, 15) is 18.0 Å². The fraction of sp³-hybridized carbons (Fsp3) is 0.667. The molecule has 2 heterocycles. The average molecular weight is 276 g/mol. The number of hydrogen-bond donors (Lipinski definition) is 0. The summed E-state index contributed by atoms with van der Waals surface area (Å²) in [7, 11) is 0. The summed E-state index contributed by atoms with van der Waals surface area (Å²) >= 11 is 0. The van der Waals surface area contributed by atoms with Crippen LogP contribution in [-0.4, -0.2) is 35.2 Å². The first-order chi connectivity index (χ1) is 8.72. The number of piperidine rings is 1. The lowest BCUT2D eigenvalue weighted by Gasteiger charge is -2.44. The Labute approximate surface area is 108 Å². The van der Waals surface area contributed by atoms with Crippen LogP contribution < -0.4 is 0 Å². The summed E-state index contributed by atoms with van der Waals surface area (Å²) in [4.78, 5) is 13.4. The first-order valence-electron chi connectivity index (χ1n) is 5.98. The molecule has 0 radical (unpaired) electrons. The van der Waals surface area contributed by atoms with Crippen molar-refractivity contribution in [1.82, 2.24) is 10.1 Å². The van der Waals surface area contributed by atoms with E-state index in [1.54, 1.807) is 0 Å². The minimum atomic E-state index is -4.23. The van der Waals surface area contributed by atoms with Crippen molar-refractivity contribution in [1.29, 1.82) is 0 Å². The lowest BCUT2D eigenvalue weighted by molar-refractivity contribution is -0.214. The zero-order valence-electron chi connectivity index (χ0n) is 10.7. The zero-order valence-corrected chi connectivity index (χ0v) is 10.7. The van der Waals surface area contributed by atoms with E-state index in [0.29, 0.717) is 0 Å². The van der Waals surface area contributed by atoms with Crippen LogP contribution in [0, 0.1) is 11.3 Å². The van der Waals surface area contributed by atoms with Gasteiger partial charge in [-0.3, -0.25) is 4.79 Å². The van der Waals surface area contributed by atoms with E-state index in [0.717, 1.165) is 0 Å². The lowest BCUT2D eigenvalue weighted by Crippen LogP contribution is -2.52. The number of amides is 1. The van der Waals surface area contributed by atoms with Crippen LogP contribution in [0.15, 0.2) is 16.9 Å². The number of likely N-dealkylation sites (tertiary alicyclic amines) is 1. The Kier molecular flexibility index (Phi) is 3.32. The van der Waals surface area contributed by atoms with Gasteiger partial charge in [0.1, 0.15) is 6.26 Å². The largest absolute Gasteiger partial charge is 0.392 e. The van der Waals surface area contributed by atoms with Gasteiger partial charge in [-0.05, 0) is 11.8 Å². The highest BCUT2D eigenvalue weighted by Crippen LogP contribution is 2.45. The van der Waals surface area contributed by atoms with Crippen LogP contribution in [0.3, 0.4) is 0 Å². The molecule has 1 saturated heterocycles. The second kappa shape index (κ2) is 4.54. The number of rotatable bonds is 1. The number of halogens is 3. The zero-order chi connectivity index (χ0) is 14.3. The number of alkyl halides is 3. The molecule has 4 nitrogen and oxygen atoms in total. The number of hydrogen-bond acceptors (Lipinski definition) is 3. The second-order valence-electron chi connectivity index (χ2n) is 5.48. The van der Waals surface area contributed by atoms with Crippen LogP contribution in [0.1, 0.15) is 30.8 Å². The van der Waals surface area contributed by atoms with Crippen molar-refractivity contribution in [3.63, 3.8) is 0 Å². The maximum absolute atomic E-state index is 12.9. The Morgan fingerprint density at radius 2 is 2.21 bits per heavy atom. The van der Waals surface area contributed by atoms with Crippen molar-refractivity contribution in [3.8, 4) is 0 Å². The Hall–Kier alpha value is -1.53. The van der Waals surface area contributed by atoms with Crippen molar-refractivity contribution in [2.75, 3.05) is 13.1 Å². The third-order valence-corrected chi connectivity index (χ3v) is 3.57. The van der Waals surface area contributed by atoms with Crippen LogP contribution in [0.2, 0.25) is 0 Å². The maximum atomic E-state index is 12.9. The first-order valence-corrected chi connectivity index (χ1v) is 5.98. The van der Waals surface area contributed by atoms with Gasteiger partial charge in [-0.15, -0.1) is 0 Å². The summed E-state index contributed by atoms with van der Waals surface area (Å²) in [6.45, 7) is 3.21. The Bertz CT molecular complexity index is 454. The first kappa shape index (κ1) is 13.9. The Morgan fingerprint density at radius 1 is 1.53 bits per heavy atom. The SMILES string of the molecule is CC1(C)CN(C(=O)c2ccon2)CCC1C(F)(F)F. The number of nitrogens with zero attached hydrogens (tertiary/aromatic N) is 2. The van der Waals surface area contributed by atoms with Crippen LogP contribution >= 0.6 is 0 Å². The minimum Gasteiger partial charge on any atom is -0.364 e. The van der Waals surface area contributed by atoms with E-state index in [-0.39, 0.29) is 31.1 Å². The molecule has 1 unspecified atom stereocenters. The highest BCUT2D eigenvalue weighted by molar-refractivity contribution is 5.92. The normalized spacial score (nSPS) is 23.4. The molecule has 1 aliphatic rings. The molecule has 0 spiro atoms. The topological polar surface area (TPSA) is 46.3 Å². The second-order valence-corrected chi connectivity index (χ2v) is 5.48. The standard InChI is InChI=1S/C12H15F3N2O2/c1-11(2)7-17(5-3-9(11)12(13,14)15)10(18)8-4-6-19-16-8/h4,6,9H,3,5,7H2,1-2H3. The number of carbonyl (C=O) groups excluding carboxylic acids is 1. The smallest absolute Gasteiger partial charge is 0.364 e. The van der Waals surface area contributed by atoms with Crippen molar-refractivity contribution < 1.29 is 22.5 Å². The van der Waals surface area contributed by atoms with Gasteiger partial charge in [0.05, 0.1) is 5.92 Å². The fourth-order valence-corrected chi connectivity index (χ4v) is 2.62. The molecule has 1 aromatic rings. The van der Waals surface area contributed by atoms with Crippen molar-refractivity contribution in [3.05, 3.63) is 18.0 Å². The van der Waals surface area contributed by atoms with E-state index < -0.39 is 17.5 Å². The molecule has 1 atom stereocenters. The van der Waals surface area contributed by atoms with E-state index in [1.165, 1.54) is 31.1 Å². The molecule has 1 fully saturated rings. The third kappa shape index (κ3) is 2.74. The van der Waals surface area contributed by atoms with E-state index >= 15 is 0 Å². The van der Waals surface area contributed by atoms with Gasteiger partial charge in [0.15, 0.2) is 5.69 Å². The molecular weight excluding hydrogens is 261 g/mol.